The Balaban J connectivity index is 1.64. The van der Waals surface area contributed by atoms with Crippen LogP contribution in [0.15, 0.2) is 16.6 Å². The van der Waals surface area contributed by atoms with Crippen molar-refractivity contribution in [1.29, 1.82) is 0 Å². The third kappa shape index (κ3) is 4.59. The summed E-state index contributed by atoms with van der Waals surface area (Å²) in [5.74, 6) is 0. The number of aryl methyl sites for hydroxylation is 2. The van der Waals surface area contributed by atoms with Gasteiger partial charge in [0.25, 0.3) is 0 Å². The molecule has 5 nitrogen and oxygen atoms in total. The summed E-state index contributed by atoms with van der Waals surface area (Å²) in [6.45, 7) is 8.26. The molecule has 0 unspecified atom stereocenters. The molecular weight excluding hydrogens is 394 g/mol. The van der Waals surface area contributed by atoms with E-state index in [1.165, 1.54) is 19.3 Å². The molecule has 1 saturated heterocycles. The lowest BCUT2D eigenvalue weighted by Crippen LogP contribution is -2.60. The number of morpholine rings is 1. The summed E-state index contributed by atoms with van der Waals surface area (Å²) in [5, 5.41) is 6.22. The molecule has 1 aliphatic carbocycles. The predicted molar refractivity (Wildman–Crippen MR) is 109 cm³/mol. The van der Waals surface area contributed by atoms with E-state index >= 15 is 0 Å². The molecule has 2 aliphatic rings. The number of urea groups is 1. The fraction of sp³-hybridized carbons (Fsp3) is 0.650. The second kappa shape index (κ2) is 8.72. The number of halogens is 1. The van der Waals surface area contributed by atoms with Gasteiger partial charge in [0, 0.05) is 35.3 Å². The third-order valence-electron chi connectivity index (χ3n) is 5.78. The van der Waals surface area contributed by atoms with Crippen molar-refractivity contribution < 1.29 is 9.53 Å². The molecule has 1 saturated carbocycles. The number of hydrogen-bond donors (Lipinski definition) is 2. The molecule has 1 aromatic rings. The van der Waals surface area contributed by atoms with Crippen LogP contribution < -0.4 is 10.6 Å². The van der Waals surface area contributed by atoms with Crippen LogP contribution in [0.2, 0.25) is 0 Å². The van der Waals surface area contributed by atoms with Gasteiger partial charge >= 0.3 is 6.03 Å². The molecule has 1 heterocycles. The molecule has 0 aromatic heterocycles. The zero-order chi connectivity index (χ0) is 18.6. The van der Waals surface area contributed by atoms with Crippen LogP contribution in [0, 0.1) is 13.8 Å². The Morgan fingerprint density at radius 1 is 1.15 bits per heavy atom. The second-order valence-electron chi connectivity index (χ2n) is 7.61. The number of carbonyl (C=O) groups excluding carboxylic acids is 1. The number of anilines is 1. The molecule has 3 rings (SSSR count). The van der Waals surface area contributed by atoms with Gasteiger partial charge in [-0.2, -0.15) is 0 Å². The highest BCUT2D eigenvalue weighted by Crippen LogP contribution is 2.34. The first-order valence-electron chi connectivity index (χ1n) is 9.65. The highest BCUT2D eigenvalue weighted by Gasteiger charge is 2.38. The SMILES string of the molecule is Cc1cc(Br)cc(C)c1NC(=O)NCC1(N2CCOCC2)CCCCC1. The molecule has 2 N–H and O–H groups in total. The van der Waals surface area contributed by atoms with Crippen molar-refractivity contribution in [3.05, 3.63) is 27.7 Å². The topological polar surface area (TPSA) is 53.6 Å². The first-order chi connectivity index (χ1) is 12.5. The molecule has 0 spiro atoms. The van der Waals surface area contributed by atoms with E-state index in [2.05, 4.69) is 31.5 Å². The van der Waals surface area contributed by atoms with Gasteiger partial charge in [-0.1, -0.05) is 35.2 Å². The Bertz CT molecular complexity index is 615. The van der Waals surface area contributed by atoms with Crippen molar-refractivity contribution in [1.82, 2.24) is 10.2 Å². The normalized spacial score (nSPS) is 20.6. The van der Waals surface area contributed by atoms with Crippen molar-refractivity contribution in [2.45, 2.75) is 51.5 Å². The van der Waals surface area contributed by atoms with E-state index in [1.807, 2.05) is 26.0 Å². The smallest absolute Gasteiger partial charge is 0.319 e. The molecular formula is C20H30BrN3O2. The molecule has 144 valence electrons. The minimum Gasteiger partial charge on any atom is -0.379 e. The van der Waals surface area contributed by atoms with E-state index in [4.69, 9.17) is 4.74 Å². The molecule has 1 aromatic carbocycles. The van der Waals surface area contributed by atoms with Crippen molar-refractivity contribution in [2.75, 3.05) is 38.2 Å². The van der Waals surface area contributed by atoms with E-state index in [1.54, 1.807) is 0 Å². The molecule has 6 heteroatoms. The van der Waals surface area contributed by atoms with Crippen LogP contribution in [0.25, 0.3) is 0 Å². The van der Waals surface area contributed by atoms with Gasteiger partial charge in [-0.15, -0.1) is 0 Å². The van der Waals surface area contributed by atoms with Gasteiger partial charge in [0.1, 0.15) is 0 Å². The number of nitrogens with one attached hydrogen (secondary N) is 2. The summed E-state index contributed by atoms with van der Waals surface area (Å²) < 4.78 is 6.57. The monoisotopic (exact) mass is 423 g/mol. The summed E-state index contributed by atoms with van der Waals surface area (Å²) in [4.78, 5) is 15.1. The van der Waals surface area contributed by atoms with Gasteiger partial charge in [-0.05, 0) is 49.9 Å². The lowest BCUT2D eigenvalue weighted by molar-refractivity contribution is -0.0356. The molecule has 0 atom stereocenters. The fourth-order valence-electron chi connectivity index (χ4n) is 4.36. The van der Waals surface area contributed by atoms with Crippen molar-refractivity contribution in [3.63, 3.8) is 0 Å². The predicted octanol–water partition coefficient (Wildman–Crippen LogP) is 4.22. The second-order valence-corrected chi connectivity index (χ2v) is 8.52. The van der Waals surface area contributed by atoms with Gasteiger partial charge in [0.05, 0.1) is 13.2 Å². The van der Waals surface area contributed by atoms with Crippen molar-refractivity contribution in [3.8, 4) is 0 Å². The Kier molecular flexibility index (Phi) is 6.59. The van der Waals surface area contributed by atoms with Gasteiger partial charge in [-0.3, -0.25) is 4.90 Å². The molecule has 1 aliphatic heterocycles. The molecule has 0 bridgehead atoms. The minimum atomic E-state index is -0.114. The van der Waals surface area contributed by atoms with E-state index in [0.29, 0.717) is 6.54 Å². The first-order valence-corrected chi connectivity index (χ1v) is 10.4. The Hall–Kier alpha value is -1.11. The molecule has 26 heavy (non-hydrogen) atoms. The number of nitrogens with zero attached hydrogens (tertiary/aromatic N) is 1. The van der Waals surface area contributed by atoms with Crippen LogP contribution in [-0.4, -0.2) is 49.3 Å². The maximum absolute atomic E-state index is 12.6. The highest BCUT2D eigenvalue weighted by atomic mass is 79.9. The Morgan fingerprint density at radius 3 is 2.38 bits per heavy atom. The van der Waals surface area contributed by atoms with E-state index < -0.39 is 0 Å². The molecule has 2 amide bonds. The van der Waals surface area contributed by atoms with E-state index in [0.717, 1.165) is 60.4 Å². The quantitative estimate of drug-likeness (QED) is 0.761. The van der Waals surface area contributed by atoms with Gasteiger partial charge in [0.2, 0.25) is 0 Å². The van der Waals surface area contributed by atoms with Crippen LogP contribution in [0.3, 0.4) is 0 Å². The number of ether oxygens (including phenoxy) is 1. The van der Waals surface area contributed by atoms with Gasteiger partial charge < -0.3 is 15.4 Å². The number of hydrogen-bond acceptors (Lipinski definition) is 3. The zero-order valence-corrected chi connectivity index (χ0v) is 17.5. The summed E-state index contributed by atoms with van der Waals surface area (Å²) in [6, 6.07) is 3.94. The molecule has 2 fully saturated rings. The number of rotatable bonds is 4. The fourth-order valence-corrected chi connectivity index (χ4v) is 5.05. The highest BCUT2D eigenvalue weighted by molar-refractivity contribution is 9.10. The largest absolute Gasteiger partial charge is 0.379 e. The summed E-state index contributed by atoms with van der Waals surface area (Å²) >= 11 is 3.50. The number of carbonyl (C=O) groups is 1. The third-order valence-corrected chi connectivity index (χ3v) is 6.24. The summed E-state index contributed by atoms with van der Waals surface area (Å²) in [5.41, 5.74) is 3.11. The van der Waals surface area contributed by atoms with Crippen molar-refractivity contribution in [2.24, 2.45) is 0 Å². The maximum atomic E-state index is 12.6. The Morgan fingerprint density at radius 2 is 1.77 bits per heavy atom. The van der Waals surface area contributed by atoms with E-state index in [-0.39, 0.29) is 11.6 Å². The standard InChI is InChI=1S/C20H30BrN3O2/c1-15-12-17(21)13-16(2)18(15)23-19(25)22-14-20(6-4-3-5-7-20)24-8-10-26-11-9-24/h12-13H,3-11,14H2,1-2H3,(H2,22,23,25). The van der Waals surface area contributed by atoms with Crippen LogP contribution in [-0.2, 0) is 4.74 Å². The lowest BCUT2D eigenvalue weighted by atomic mass is 9.80. The number of amides is 2. The average molecular weight is 424 g/mol. The van der Waals surface area contributed by atoms with Crippen LogP contribution in [0.4, 0.5) is 10.5 Å². The van der Waals surface area contributed by atoms with E-state index in [9.17, 15) is 4.79 Å². The van der Waals surface area contributed by atoms with Crippen molar-refractivity contribution >= 4 is 27.6 Å². The summed E-state index contributed by atoms with van der Waals surface area (Å²) in [6.07, 6.45) is 6.10. The first kappa shape index (κ1) is 19.6. The van der Waals surface area contributed by atoms with Crippen LogP contribution >= 0.6 is 15.9 Å². The maximum Gasteiger partial charge on any atom is 0.319 e. The molecule has 0 radical (unpaired) electrons. The minimum absolute atomic E-state index is 0.0865. The average Bonchev–Trinajstić information content (AvgIpc) is 2.64. The van der Waals surface area contributed by atoms with Gasteiger partial charge in [0.15, 0.2) is 0 Å². The number of benzene rings is 1. The van der Waals surface area contributed by atoms with Gasteiger partial charge in [-0.25, -0.2) is 4.79 Å². The summed E-state index contributed by atoms with van der Waals surface area (Å²) in [7, 11) is 0. The van der Waals surface area contributed by atoms with Crippen LogP contribution in [0.1, 0.15) is 43.2 Å². The van der Waals surface area contributed by atoms with Crippen LogP contribution in [0.5, 0.6) is 0 Å². The lowest BCUT2D eigenvalue weighted by Gasteiger charge is -2.48. The zero-order valence-electron chi connectivity index (χ0n) is 15.9. The Labute approximate surface area is 165 Å².